The molecule has 3 unspecified atom stereocenters. The lowest BCUT2D eigenvalue weighted by atomic mass is 9.81. The van der Waals surface area contributed by atoms with Crippen LogP contribution in [0.25, 0.3) is 0 Å². The maximum atomic E-state index is 10.5. The smallest absolute Gasteiger partial charge is 0.106 e. The van der Waals surface area contributed by atoms with Gasteiger partial charge in [-0.2, -0.15) is 0 Å². The van der Waals surface area contributed by atoms with E-state index in [1.165, 1.54) is 43.5 Å². The quantitative estimate of drug-likeness (QED) is 0.916. The van der Waals surface area contributed by atoms with Crippen LogP contribution in [0.4, 0.5) is 0 Å². The molecular weight excluding hydrogens is 248 g/mol. The van der Waals surface area contributed by atoms with Crippen LogP contribution < -0.4 is 0 Å². The van der Waals surface area contributed by atoms with Crippen molar-refractivity contribution < 1.29 is 5.11 Å². The molecule has 2 aliphatic rings. The van der Waals surface area contributed by atoms with Crippen molar-refractivity contribution in [2.24, 2.45) is 5.92 Å². The molecule has 1 saturated carbocycles. The molecule has 0 aliphatic heterocycles. The summed E-state index contributed by atoms with van der Waals surface area (Å²) in [4.78, 5) is 4.78. The summed E-state index contributed by atoms with van der Waals surface area (Å²) >= 11 is 0. The van der Waals surface area contributed by atoms with Gasteiger partial charge in [-0.1, -0.05) is 19.8 Å². The predicted octanol–water partition coefficient (Wildman–Crippen LogP) is 3.57. The average Bonchev–Trinajstić information content (AvgIpc) is 2.77. The topological polar surface area (TPSA) is 38.0 Å². The first kappa shape index (κ1) is 14.1. The highest BCUT2D eigenvalue weighted by atomic mass is 16.3. The number of hydrogen-bond acceptors (Lipinski definition) is 2. The van der Waals surface area contributed by atoms with Crippen LogP contribution in [0.3, 0.4) is 0 Å². The molecule has 0 saturated heterocycles. The Kier molecular flexibility index (Phi) is 4.16. The summed E-state index contributed by atoms with van der Waals surface area (Å²) in [6, 6.07) is 0.273. The molecule has 0 bridgehead atoms. The third-order valence-corrected chi connectivity index (χ3v) is 5.26. The molecule has 3 heteroatoms. The number of aryl methyl sites for hydroxylation is 2. The second-order valence-corrected chi connectivity index (χ2v) is 6.73. The van der Waals surface area contributed by atoms with Crippen LogP contribution >= 0.6 is 0 Å². The first-order chi connectivity index (χ1) is 9.70. The highest BCUT2D eigenvalue weighted by molar-refractivity contribution is 5.21. The Hall–Kier alpha value is -0.830. The average molecular weight is 276 g/mol. The Bertz CT molecular complexity index is 466. The monoisotopic (exact) mass is 276 g/mol. The Balaban J connectivity index is 1.88. The molecule has 1 heterocycles. The van der Waals surface area contributed by atoms with Crippen LogP contribution in [0.1, 0.15) is 75.1 Å². The van der Waals surface area contributed by atoms with Crippen LogP contribution in [-0.4, -0.2) is 20.8 Å². The van der Waals surface area contributed by atoms with E-state index in [-0.39, 0.29) is 12.1 Å². The first-order valence-corrected chi connectivity index (χ1v) is 8.45. The summed E-state index contributed by atoms with van der Waals surface area (Å²) in [6.07, 6.45) is 10.5. The lowest BCUT2D eigenvalue weighted by Gasteiger charge is -2.36. The number of aliphatic hydroxyl groups is 1. The SMILES string of the molecule is CCCC1CCC(O)C(n2c(C)nc3c2CCCC3)C1. The van der Waals surface area contributed by atoms with Crippen LogP contribution in [0.15, 0.2) is 0 Å². The van der Waals surface area contributed by atoms with E-state index in [9.17, 15) is 5.11 Å². The summed E-state index contributed by atoms with van der Waals surface area (Å²) in [6.45, 7) is 4.39. The first-order valence-electron chi connectivity index (χ1n) is 8.45. The van der Waals surface area contributed by atoms with Crippen molar-refractivity contribution in [1.82, 2.24) is 9.55 Å². The fourth-order valence-corrected chi connectivity index (χ4v) is 4.30. The molecule has 0 aromatic carbocycles. The number of imidazole rings is 1. The molecule has 3 nitrogen and oxygen atoms in total. The maximum Gasteiger partial charge on any atom is 0.106 e. The summed E-state index contributed by atoms with van der Waals surface area (Å²) in [5.41, 5.74) is 2.73. The predicted molar refractivity (Wildman–Crippen MR) is 80.9 cm³/mol. The van der Waals surface area contributed by atoms with Gasteiger partial charge in [-0.3, -0.25) is 0 Å². The Morgan fingerprint density at radius 3 is 2.85 bits per heavy atom. The van der Waals surface area contributed by atoms with Gasteiger partial charge < -0.3 is 9.67 Å². The van der Waals surface area contributed by atoms with E-state index in [2.05, 4.69) is 18.4 Å². The molecular formula is C17H28N2O. The molecule has 20 heavy (non-hydrogen) atoms. The van der Waals surface area contributed by atoms with Crippen LogP contribution in [0.2, 0.25) is 0 Å². The molecule has 0 amide bonds. The van der Waals surface area contributed by atoms with Crippen LogP contribution in [0, 0.1) is 12.8 Å². The molecule has 1 aromatic rings. The number of nitrogens with zero attached hydrogens (tertiary/aromatic N) is 2. The maximum absolute atomic E-state index is 10.5. The number of rotatable bonds is 3. The second kappa shape index (κ2) is 5.88. The van der Waals surface area contributed by atoms with Crippen molar-refractivity contribution in [3.63, 3.8) is 0 Å². The second-order valence-electron chi connectivity index (χ2n) is 6.73. The van der Waals surface area contributed by atoms with Gasteiger partial charge >= 0.3 is 0 Å². The van der Waals surface area contributed by atoms with E-state index in [1.807, 2.05) is 0 Å². The standard InChI is InChI=1S/C17H28N2O/c1-3-6-13-9-10-17(20)16(11-13)19-12(2)18-14-7-4-5-8-15(14)19/h13,16-17,20H,3-11H2,1-2H3. The van der Waals surface area contributed by atoms with Crippen LogP contribution in [0.5, 0.6) is 0 Å². The lowest BCUT2D eigenvalue weighted by Crippen LogP contribution is -2.33. The van der Waals surface area contributed by atoms with E-state index < -0.39 is 0 Å². The summed E-state index contributed by atoms with van der Waals surface area (Å²) in [7, 11) is 0. The highest BCUT2D eigenvalue weighted by Crippen LogP contribution is 2.38. The van der Waals surface area contributed by atoms with E-state index >= 15 is 0 Å². The zero-order valence-corrected chi connectivity index (χ0v) is 12.9. The van der Waals surface area contributed by atoms with Gasteiger partial charge in [-0.25, -0.2) is 4.98 Å². The van der Waals surface area contributed by atoms with Gasteiger partial charge in [0.05, 0.1) is 17.8 Å². The van der Waals surface area contributed by atoms with Crippen molar-refractivity contribution >= 4 is 0 Å². The van der Waals surface area contributed by atoms with Crippen molar-refractivity contribution in [2.75, 3.05) is 0 Å². The van der Waals surface area contributed by atoms with E-state index in [0.29, 0.717) is 0 Å². The normalized spacial score (nSPS) is 30.2. The molecule has 1 fully saturated rings. The Morgan fingerprint density at radius 1 is 1.25 bits per heavy atom. The molecule has 2 aliphatic carbocycles. The van der Waals surface area contributed by atoms with Gasteiger partial charge in [0.25, 0.3) is 0 Å². The van der Waals surface area contributed by atoms with Crippen molar-refractivity contribution in [3.8, 4) is 0 Å². The summed E-state index contributed by atoms with van der Waals surface area (Å²) in [5.74, 6) is 1.91. The summed E-state index contributed by atoms with van der Waals surface area (Å²) < 4.78 is 2.40. The molecule has 1 aromatic heterocycles. The van der Waals surface area contributed by atoms with E-state index in [0.717, 1.165) is 37.4 Å². The largest absolute Gasteiger partial charge is 0.391 e. The number of fused-ring (bicyclic) bond motifs is 1. The van der Waals surface area contributed by atoms with Gasteiger partial charge in [0, 0.05) is 5.69 Å². The third-order valence-electron chi connectivity index (χ3n) is 5.26. The molecule has 3 rings (SSSR count). The molecule has 3 atom stereocenters. The van der Waals surface area contributed by atoms with Crippen molar-refractivity contribution in [2.45, 2.75) is 83.8 Å². The molecule has 0 spiro atoms. The van der Waals surface area contributed by atoms with Gasteiger partial charge in [0.2, 0.25) is 0 Å². The van der Waals surface area contributed by atoms with Gasteiger partial charge in [-0.15, -0.1) is 0 Å². The van der Waals surface area contributed by atoms with Gasteiger partial charge in [0.1, 0.15) is 5.82 Å². The fourth-order valence-electron chi connectivity index (χ4n) is 4.30. The number of aliphatic hydroxyl groups excluding tert-OH is 1. The summed E-state index contributed by atoms with van der Waals surface area (Å²) in [5, 5.41) is 10.5. The van der Waals surface area contributed by atoms with Crippen molar-refractivity contribution in [1.29, 1.82) is 0 Å². The highest BCUT2D eigenvalue weighted by Gasteiger charge is 2.33. The number of hydrogen-bond donors (Lipinski definition) is 1. The molecule has 112 valence electrons. The van der Waals surface area contributed by atoms with Gasteiger partial charge in [0.15, 0.2) is 0 Å². The zero-order chi connectivity index (χ0) is 14.1. The third kappa shape index (κ3) is 2.52. The Morgan fingerprint density at radius 2 is 2.05 bits per heavy atom. The minimum Gasteiger partial charge on any atom is -0.391 e. The Labute approximate surface area is 122 Å². The molecule has 1 N–H and O–H groups in total. The minimum atomic E-state index is -0.179. The van der Waals surface area contributed by atoms with Crippen molar-refractivity contribution in [3.05, 3.63) is 17.2 Å². The zero-order valence-electron chi connectivity index (χ0n) is 12.9. The van der Waals surface area contributed by atoms with Gasteiger partial charge in [-0.05, 0) is 57.8 Å². The molecule has 0 radical (unpaired) electrons. The van der Waals surface area contributed by atoms with E-state index in [1.54, 1.807) is 0 Å². The minimum absolute atomic E-state index is 0.179. The van der Waals surface area contributed by atoms with E-state index in [4.69, 9.17) is 4.98 Å². The fraction of sp³-hybridized carbons (Fsp3) is 0.824. The number of aromatic nitrogens is 2. The lowest BCUT2D eigenvalue weighted by molar-refractivity contribution is 0.0498. The van der Waals surface area contributed by atoms with Crippen LogP contribution in [-0.2, 0) is 12.8 Å².